The minimum Gasteiger partial charge on any atom is -0.454 e. The second kappa shape index (κ2) is 5.72. The molecule has 1 aromatic rings. The average molecular weight is 289 g/mol. The number of ketones is 1. The van der Waals surface area contributed by atoms with Crippen molar-refractivity contribution in [3.63, 3.8) is 0 Å². The van der Waals surface area contributed by atoms with Crippen LogP contribution in [0.2, 0.25) is 10.0 Å². The van der Waals surface area contributed by atoms with Gasteiger partial charge in [-0.3, -0.25) is 4.79 Å². The summed E-state index contributed by atoms with van der Waals surface area (Å²) in [6.45, 7) is 5.02. The molecule has 1 rings (SSSR count). The predicted octanol–water partition coefficient (Wildman–Crippen LogP) is 3.77. The van der Waals surface area contributed by atoms with Gasteiger partial charge in [-0.15, -0.1) is 0 Å². The number of carbonyl (C=O) groups is 2. The van der Waals surface area contributed by atoms with Crippen LogP contribution in [0.1, 0.15) is 31.1 Å². The van der Waals surface area contributed by atoms with Gasteiger partial charge in [-0.25, -0.2) is 4.79 Å². The topological polar surface area (TPSA) is 43.4 Å². The van der Waals surface area contributed by atoms with Gasteiger partial charge in [0.1, 0.15) is 0 Å². The fraction of sp³-hybridized carbons (Fsp3) is 0.385. The minimum atomic E-state index is -0.630. The first-order chi connectivity index (χ1) is 8.21. The van der Waals surface area contributed by atoms with Crippen LogP contribution in [0, 0.1) is 5.41 Å². The number of benzene rings is 1. The smallest absolute Gasteiger partial charge is 0.340 e. The Morgan fingerprint density at radius 3 is 2.33 bits per heavy atom. The lowest BCUT2D eigenvalue weighted by atomic mass is 9.91. The van der Waals surface area contributed by atoms with Gasteiger partial charge in [0.25, 0.3) is 0 Å². The molecular weight excluding hydrogens is 275 g/mol. The molecule has 0 unspecified atom stereocenters. The maximum absolute atomic E-state index is 11.7. The third kappa shape index (κ3) is 4.00. The Hall–Kier alpha value is -1.06. The first-order valence-electron chi connectivity index (χ1n) is 5.37. The van der Waals surface area contributed by atoms with Gasteiger partial charge in [0.05, 0.1) is 10.6 Å². The van der Waals surface area contributed by atoms with Gasteiger partial charge in [-0.1, -0.05) is 44.0 Å². The van der Waals surface area contributed by atoms with Gasteiger partial charge in [0.2, 0.25) is 0 Å². The quantitative estimate of drug-likeness (QED) is 0.796. The Balaban J connectivity index is 2.70. The molecule has 0 saturated carbocycles. The number of carbonyl (C=O) groups excluding carboxylic acids is 2. The molecule has 0 saturated heterocycles. The first kappa shape index (κ1) is 15.0. The van der Waals surface area contributed by atoms with E-state index in [1.54, 1.807) is 20.8 Å². The van der Waals surface area contributed by atoms with Crippen molar-refractivity contribution >= 4 is 35.0 Å². The Bertz CT molecular complexity index is 476. The van der Waals surface area contributed by atoms with E-state index in [0.717, 1.165) is 0 Å². The molecule has 0 bridgehead atoms. The maximum Gasteiger partial charge on any atom is 0.340 e. The second-order valence-electron chi connectivity index (χ2n) is 4.87. The van der Waals surface area contributed by atoms with E-state index in [0.29, 0.717) is 5.02 Å². The van der Waals surface area contributed by atoms with E-state index in [1.807, 2.05) is 0 Å². The van der Waals surface area contributed by atoms with Gasteiger partial charge in [-0.05, 0) is 18.2 Å². The summed E-state index contributed by atoms with van der Waals surface area (Å²) in [5, 5.41) is 0.637. The molecule has 0 radical (unpaired) electrons. The highest BCUT2D eigenvalue weighted by atomic mass is 35.5. The van der Waals surface area contributed by atoms with Gasteiger partial charge in [-0.2, -0.15) is 0 Å². The van der Waals surface area contributed by atoms with Crippen molar-refractivity contribution in [1.82, 2.24) is 0 Å². The van der Waals surface area contributed by atoms with Gasteiger partial charge in [0, 0.05) is 10.4 Å². The fourth-order valence-electron chi connectivity index (χ4n) is 1.08. The van der Waals surface area contributed by atoms with Crippen molar-refractivity contribution < 1.29 is 14.3 Å². The summed E-state index contributed by atoms with van der Waals surface area (Å²) in [7, 11) is 0. The summed E-state index contributed by atoms with van der Waals surface area (Å²) in [6, 6.07) is 4.45. The standard InChI is InChI=1S/C13H14Cl2O3/c1-13(2,3)11(16)7-18-12(17)9-5-4-8(14)6-10(9)15/h4-6H,7H2,1-3H3. The van der Waals surface area contributed by atoms with E-state index >= 15 is 0 Å². The summed E-state index contributed by atoms with van der Waals surface area (Å²) < 4.78 is 4.92. The van der Waals surface area contributed by atoms with Gasteiger partial charge >= 0.3 is 5.97 Å². The molecule has 0 aromatic heterocycles. The lowest BCUT2D eigenvalue weighted by Crippen LogP contribution is -2.26. The third-order valence-electron chi connectivity index (χ3n) is 2.32. The number of ether oxygens (including phenoxy) is 1. The van der Waals surface area contributed by atoms with Crippen molar-refractivity contribution in [2.24, 2.45) is 5.41 Å². The molecule has 3 nitrogen and oxygen atoms in total. The SMILES string of the molecule is CC(C)(C)C(=O)COC(=O)c1ccc(Cl)cc1Cl. The molecule has 0 spiro atoms. The fourth-order valence-corrected chi connectivity index (χ4v) is 1.57. The van der Waals surface area contributed by atoms with Crippen LogP contribution >= 0.6 is 23.2 Å². The van der Waals surface area contributed by atoms with Crippen LogP contribution in [0.5, 0.6) is 0 Å². The van der Waals surface area contributed by atoms with Crippen LogP contribution < -0.4 is 0 Å². The number of halogens is 2. The number of hydrogen-bond acceptors (Lipinski definition) is 3. The van der Waals surface area contributed by atoms with Crippen LogP contribution in [-0.2, 0) is 9.53 Å². The normalized spacial score (nSPS) is 11.2. The highest BCUT2D eigenvalue weighted by Gasteiger charge is 2.23. The van der Waals surface area contributed by atoms with E-state index in [9.17, 15) is 9.59 Å². The summed E-state index contributed by atoms with van der Waals surface area (Å²) >= 11 is 11.6. The van der Waals surface area contributed by atoms with Crippen LogP contribution in [-0.4, -0.2) is 18.4 Å². The summed E-state index contributed by atoms with van der Waals surface area (Å²) in [5.74, 6) is -0.782. The van der Waals surface area contributed by atoms with E-state index < -0.39 is 11.4 Å². The number of esters is 1. The van der Waals surface area contributed by atoms with E-state index in [-0.39, 0.29) is 23.0 Å². The van der Waals surface area contributed by atoms with E-state index in [2.05, 4.69) is 0 Å². The van der Waals surface area contributed by atoms with Gasteiger partial charge < -0.3 is 4.74 Å². The zero-order valence-electron chi connectivity index (χ0n) is 10.4. The summed E-state index contributed by atoms with van der Waals surface area (Å²) in [4.78, 5) is 23.3. The average Bonchev–Trinajstić information content (AvgIpc) is 2.24. The first-order valence-corrected chi connectivity index (χ1v) is 6.13. The maximum atomic E-state index is 11.7. The lowest BCUT2D eigenvalue weighted by molar-refractivity contribution is -0.129. The Kier molecular flexibility index (Phi) is 4.77. The van der Waals surface area contributed by atoms with Crippen molar-refractivity contribution in [2.45, 2.75) is 20.8 Å². The largest absolute Gasteiger partial charge is 0.454 e. The second-order valence-corrected chi connectivity index (χ2v) is 5.72. The van der Waals surface area contributed by atoms with Crippen LogP contribution in [0.15, 0.2) is 18.2 Å². The van der Waals surface area contributed by atoms with Crippen LogP contribution in [0.4, 0.5) is 0 Å². The molecule has 0 heterocycles. The van der Waals surface area contributed by atoms with E-state index in [4.69, 9.17) is 27.9 Å². The summed E-state index contributed by atoms with van der Waals surface area (Å²) in [6.07, 6.45) is 0. The lowest BCUT2D eigenvalue weighted by Gasteiger charge is -2.16. The minimum absolute atomic E-state index is 0.152. The number of Topliss-reactive ketones (excluding diaryl/α,β-unsaturated/α-hetero) is 1. The molecule has 1 aromatic carbocycles. The van der Waals surface area contributed by atoms with Crippen molar-refractivity contribution in [3.8, 4) is 0 Å². The molecule has 0 aliphatic rings. The molecule has 5 heteroatoms. The van der Waals surface area contributed by atoms with Crippen LogP contribution in [0.25, 0.3) is 0 Å². The molecule has 0 amide bonds. The monoisotopic (exact) mass is 288 g/mol. The Morgan fingerprint density at radius 1 is 1.22 bits per heavy atom. The molecule has 98 valence electrons. The summed E-state index contributed by atoms with van der Waals surface area (Å²) in [5.41, 5.74) is -0.341. The predicted molar refractivity (Wildman–Crippen MR) is 71.2 cm³/mol. The molecule has 0 N–H and O–H groups in total. The molecule has 0 fully saturated rings. The highest BCUT2D eigenvalue weighted by Crippen LogP contribution is 2.22. The third-order valence-corrected chi connectivity index (χ3v) is 2.87. The Labute approximate surface area is 116 Å². The number of rotatable bonds is 3. The molecule has 0 aliphatic heterocycles. The molecule has 0 atom stereocenters. The molecular formula is C13H14Cl2O3. The zero-order chi connectivity index (χ0) is 13.9. The number of hydrogen-bond donors (Lipinski definition) is 0. The van der Waals surface area contributed by atoms with Crippen molar-refractivity contribution in [2.75, 3.05) is 6.61 Å². The highest BCUT2D eigenvalue weighted by molar-refractivity contribution is 6.36. The van der Waals surface area contributed by atoms with Crippen molar-refractivity contribution in [1.29, 1.82) is 0 Å². The molecule has 18 heavy (non-hydrogen) atoms. The van der Waals surface area contributed by atoms with E-state index in [1.165, 1.54) is 18.2 Å². The Morgan fingerprint density at radius 2 is 1.83 bits per heavy atom. The molecule has 0 aliphatic carbocycles. The van der Waals surface area contributed by atoms with Crippen molar-refractivity contribution in [3.05, 3.63) is 33.8 Å². The van der Waals surface area contributed by atoms with Crippen LogP contribution in [0.3, 0.4) is 0 Å². The van der Waals surface area contributed by atoms with Gasteiger partial charge in [0.15, 0.2) is 12.4 Å². The zero-order valence-corrected chi connectivity index (χ0v) is 11.9.